The van der Waals surface area contributed by atoms with Gasteiger partial charge >= 0.3 is 0 Å². The molecule has 1 saturated carbocycles. The summed E-state index contributed by atoms with van der Waals surface area (Å²) in [6, 6.07) is 7.83. The summed E-state index contributed by atoms with van der Waals surface area (Å²) in [5.74, 6) is 1.48. The molecule has 0 unspecified atom stereocenters. The molecule has 4 rings (SSSR count). The molecule has 2 heterocycles. The van der Waals surface area contributed by atoms with Crippen molar-refractivity contribution in [3.05, 3.63) is 35.4 Å². The van der Waals surface area contributed by atoms with Crippen LogP contribution in [0.1, 0.15) is 41.6 Å². The van der Waals surface area contributed by atoms with E-state index in [2.05, 4.69) is 0 Å². The number of benzene rings is 1. The van der Waals surface area contributed by atoms with Gasteiger partial charge in [0.2, 0.25) is 0 Å². The van der Waals surface area contributed by atoms with Crippen LogP contribution >= 0.6 is 0 Å². The molecule has 0 bridgehead atoms. The summed E-state index contributed by atoms with van der Waals surface area (Å²) in [7, 11) is 0. The lowest BCUT2D eigenvalue weighted by molar-refractivity contribution is -0.120. The molecule has 2 aliphatic heterocycles. The summed E-state index contributed by atoms with van der Waals surface area (Å²) in [5.41, 5.74) is 1.80. The van der Waals surface area contributed by atoms with Crippen molar-refractivity contribution in [3.8, 4) is 0 Å². The lowest BCUT2D eigenvalue weighted by Gasteiger charge is -2.50. The Balaban J connectivity index is 1.29. The number of carbonyl (C=O) groups is 1. The van der Waals surface area contributed by atoms with Gasteiger partial charge < -0.3 is 14.4 Å². The Morgan fingerprint density at radius 3 is 2.92 bits per heavy atom. The number of amides is 1. The first kappa shape index (κ1) is 16.1. The van der Waals surface area contributed by atoms with Gasteiger partial charge in [0.25, 0.3) is 5.91 Å². The van der Waals surface area contributed by atoms with Gasteiger partial charge in [0.15, 0.2) is 0 Å². The van der Waals surface area contributed by atoms with Gasteiger partial charge in [-0.05, 0) is 56.6 Å². The maximum Gasteiger partial charge on any atom is 0.254 e. The fourth-order valence-corrected chi connectivity index (χ4v) is 4.01. The van der Waals surface area contributed by atoms with Crippen molar-refractivity contribution in [1.29, 1.82) is 0 Å². The van der Waals surface area contributed by atoms with Gasteiger partial charge in [0.05, 0.1) is 13.1 Å². The van der Waals surface area contributed by atoms with Crippen molar-refractivity contribution in [2.45, 2.75) is 38.2 Å². The maximum atomic E-state index is 12.6. The number of hydrogen-bond acceptors (Lipinski definition) is 3. The molecule has 1 aliphatic carbocycles. The minimum absolute atomic E-state index is 0.109. The Bertz CT molecular complexity index is 605. The van der Waals surface area contributed by atoms with Crippen molar-refractivity contribution < 1.29 is 14.3 Å². The summed E-state index contributed by atoms with van der Waals surface area (Å²) >= 11 is 0. The van der Waals surface area contributed by atoms with Crippen LogP contribution in [0.2, 0.25) is 0 Å². The normalized spacial score (nSPS) is 25.0. The molecule has 4 heteroatoms. The van der Waals surface area contributed by atoms with Crippen LogP contribution in [0.3, 0.4) is 0 Å². The second kappa shape index (κ2) is 6.49. The topological polar surface area (TPSA) is 38.8 Å². The summed E-state index contributed by atoms with van der Waals surface area (Å²) in [6.07, 6.45) is 4.83. The van der Waals surface area contributed by atoms with E-state index >= 15 is 0 Å². The van der Waals surface area contributed by atoms with E-state index in [9.17, 15) is 4.79 Å². The van der Waals surface area contributed by atoms with Gasteiger partial charge in [0.1, 0.15) is 5.60 Å². The maximum absolute atomic E-state index is 12.6. The van der Waals surface area contributed by atoms with E-state index in [0.29, 0.717) is 5.92 Å². The first-order valence-electron chi connectivity index (χ1n) is 9.24. The Morgan fingerprint density at radius 1 is 1.33 bits per heavy atom. The molecule has 0 aromatic heterocycles. The molecule has 0 radical (unpaired) electrons. The van der Waals surface area contributed by atoms with Crippen molar-refractivity contribution in [2.24, 2.45) is 11.8 Å². The van der Waals surface area contributed by atoms with Gasteiger partial charge in [-0.2, -0.15) is 0 Å². The smallest absolute Gasteiger partial charge is 0.254 e. The van der Waals surface area contributed by atoms with E-state index in [1.54, 1.807) is 0 Å². The monoisotopic (exact) mass is 329 g/mol. The molecule has 2 saturated heterocycles. The van der Waals surface area contributed by atoms with Crippen LogP contribution in [0.15, 0.2) is 24.3 Å². The Labute approximate surface area is 144 Å². The second-order valence-electron chi connectivity index (χ2n) is 7.74. The van der Waals surface area contributed by atoms with Crippen LogP contribution in [0, 0.1) is 18.8 Å². The van der Waals surface area contributed by atoms with E-state index in [1.165, 1.54) is 12.8 Å². The third kappa shape index (κ3) is 3.22. The third-order valence-corrected chi connectivity index (χ3v) is 5.73. The van der Waals surface area contributed by atoms with Gasteiger partial charge in [-0.25, -0.2) is 0 Å². The number of rotatable bonds is 6. The lowest BCUT2D eigenvalue weighted by atomic mass is 9.79. The summed E-state index contributed by atoms with van der Waals surface area (Å²) in [4.78, 5) is 14.5. The van der Waals surface area contributed by atoms with Gasteiger partial charge in [-0.1, -0.05) is 17.7 Å². The largest absolute Gasteiger partial charge is 0.381 e. The number of carbonyl (C=O) groups excluding carboxylic acids is 1. The highest BCUT2D eigenvalue weighted by atomic mass is 16.5. The van der Waals surface area contributed by atoms with Crippen LogP contribution < -0.4 is 0 Å². The van der Waals surface area contributed by atoms with Crippen LogP contribution in [-0.4, -0.2) is 49.3 Å². The Kier molecular flexibility index (Phi) is 4.35. The molecule has 3 fully saturated rings. The first-order chi connectivity index (χ1) is 11.7. The third-order valence-electron chi connectivity index (χ3n) is 5.73. The summed E-state index contributed by atoms with van der Waals surface area (Å²) in [6.45, 7) is 6.06. The van der Waals surface area contributed by atoms with Crippen LogP contribution in [0.5, 0.6) is 0 Å². The van der Waals surface area contributed by atoms with Gasteiger partial charge in [-0.15, -0.1) is 0 Å². The van der Waals surface area contributed by atoms with E-state index in [1.807, 2.05) is 36.1 Å². The van der Waals surface area contributed by atoms with Crippen LogP contribution in [0.4, 0.5) is 0 Å². The molecule has 0 N–H and O–H groups in total. The molecule has 4 nitrogen and oxygen atoms in total. The van der Waals surface area contributed by atoms with Crippen molar-refractivity contribution in [2.75, 3.05) is 32.9 Å². The number of hydrogen-bond donors (Lipinski definition) is 0. The molecule has 1 amide bonds. The number of ether oxygens (including phenoxy) is 2. The molecular weight excluding hydrogens is 302 g/mol. The van der Waals surface area contributed by atoms with E-state index in [-0.39, 0.29) is 11.5 Å². The average molecular weight is 329 g/mol. The zero-order valence-electron chi connectivity index (χ0n) is 14.5. The van der Waals surface area contributed by atoms with E-state index < -0.39 is 0 Å². The van der Waals surface area contributed by atoms with Gasteiger partial charge in [0, 0.05) is 25.4 Å². The number of aryl methyl sites for hydroxylation is 1. The standard InChI is InChI=1S/C20H27NO3/c1-15-3-2-4-17(11-15)19(22)21-13-20(14-21)18(8-10-24-20)7-9-23-12-16-5-6-16/h2-4,11,16,18H,5-10,12-14H2,1H3/t18-/m0/s1. The van der Waals surface area contributed by atoms with Crippen molar-refractivity contribution in [1.82, 2.24) is 4.90 Å². The molecule has 1 aromatic carbocycles. The average Bonchev–Trinajstić information content (AvgIpc) is 3.27. The van der Waals surface area contributed by atoms with E-state index in [4.69, 9.17) is 9.47 Å². The zero-order chi connectivity index (χ0) is 16.6. The van der Waals surface area contributed by atoms with E-state index in [0.717, 1.165) is 62.8 Å². The Morgan fingerprint density at radius 2 is 2.17 bits per heavy atom. The molecule has 1 atom stereocenters. The number of nitrogens with zero attached hydrogens (tertiary/aromatic N) is 1. The minimum atomic E-state index is -0.109. The second-order valence-corrected chi connectivity index (χ2v) is 7.74. The summed E-state index contributed by atoms with van der Waals surface area (Å²) in [5, 5.41) is 0. The first-order valence-corrected chi connectivity index (χ1v) is 9.24. The summed E-state index contributed by atoms with van der Waals surface area (Å²) < 4.78 is 11.9. The van der Waals surface area contributed by atoms with Crippen molar-refractivity contribution >= 4 is 5.91 Å². The molecular formula is C20H27NO3. The van der Waals surface area contributed by atoms with Crippen molar-refractivity contribution in [3.63, 3.8) is 0 Å². The quantitative estimate of drug-likeness (QED) is 0.753. The fraction of sp³-hybridized carbons (Fsp3) is 0.650. The predicted molar refractivity (Wildman–Crippen MR) is 92.0 cm³/mol. The molecule has 130 valence electrons. The fourth-order valence-electron chi connectivity index (χ4n) is 4.01. The predicted octanol–water partition coefficient (Wildman–Crippen LogP) is 3.04. The minimum Gasteiger partial charge on any atom is -0.381 e. The molecule has 24 heavy (non-hydrogen) atoms. The Hall–Kier alpha value is -1.39. The molecule has 1 aromatic rings. The van der Waals surface area contributed by atoms with Crippen LogP contribution in [0.25, 0.3) is 0 Å². The highest BCUT2D eigenvalue weighted by Crippen LogP contribution is 2.42. The van der Waals surface area contributed by atoms with Gasteiger partial charge in [-0.3, -0.25) is 4.79 Å². The SMILES string of the molecule is Cc1cccc(C(=O)N2CC3(C2)OCC[C@@H]3CCOCC2CC2)c1. The highest BCUT2D eigenvalue weighted by molar-refractivity contribution is 5.95. The number of likely N-dealkylation sites (tertiary alicyclic amines) is 1. The van der Waals surface area contributed by atoms with Crippen LogP contribution in [-0.2, 0) is 9.47 Å². The molecule has 1 spiro atoms. The molecule has 3 aliphatic rings. The lowest BCUT2D eigenvalue weighted by Crippen LogP contribution is -2.66. The zero-order valence-corrected chi connectivity index (χ0v) is 14.5. The highest BCUT2D eigenvalue weighted by Gasteiger charge is 2.54.